The lowest BCUT2D eigenvalue weighted by molar-refractivity contribution is 0.278. The van der Waals surface area contributed by atoms with Gasteiger partial charge >= 0.3 is 10.1 Å². The topological polar surface area (TPSA) is 98.9 Å². The van der Waals surface area contributed by atoms with Crippen molar-refractivity contribution >= 4 is 15.8 Å². The molecule has 0 amide bonds. The van der Waals surface area contributed by atoms with Crippen LogP contribution in [0.3, 0.4) is 0 Å². The molecule has 0 unspecified atom stereocenters. The van der Waals surface area contributed by atoms with Gasteiger partial charge in [-0.3, -0.25) is 4.55 Å². The molecule has 0 aliphatic heterocycles. The summed E-state index contributed by atoms with van der Waals surface area (Å²) < 4.78 is 43.5. The smallest absolute Gasteiger partial charge is 0.301 e. The van der Waals surface area contributed by atoms with Gasteiger partial charge in [0.1, 0.15) is 11.5 Å². The van der Waals surface area contributed by atoms with Crippen LogP contribution in [0, 0.1) is 0 Å². The fraction of sp³-hybridized carbons (Fsp3) is 0.571. The Morgan fingerprint density at radius 3 is 1.81 bits per heavy atom. The quantitative estimate of drug-likeness (QED) is 0.413. The van der Waals surface area contributed by atoms with Crippen molar-refractivity contribution in [2.45, 2.75) is 44.4 Å². The summed E-state index contributed by atoms with van der Waals surface area (Å²) in [4.78, 5) is -0.357. The Hall–Kier alpha value is -1.47. The zero-order valence-corrected chi connectivity index (χ0v) is 13.3. The minimum absolute atomic E-state index is 0.0254. The van der Waals surface area contributed by atoms with E-state index >= 15 is 0 Å². The van der Waals surface area contributed by atoms with Crippen molar-refractivity contribution in [3.05, 3.63) is 12.1 Å². The molecule has 1 aromatic carbocycles. The monoisotopic (exact) mass is 317 g/mol. The molecule has 0 heterocycles. The van der Waals surface area contributed by atoms with Crippen molar-refractivity contribution in [3.8, 4) is 11.5 Å². The van der Waals surface area contributed by atoms with Crippen LogP contribution in [0.2, 0.25) is 0 Å². The molecule has 1 aromatic rings. The molecule has 0 aromatic heterocycles. The lowest BCUT2D eigenvalue weighted by Crippen LogP contribution is -2.09. The molecule has 3 N–H and O–H groups in total. The molecule has 0 atom stereocenters. The van der Waals surface area contributed by atoms with Crippen LogP contribution in [0.4, 0.5) is 5.69 Å². The first kappa shape index (κ1) is 17.6. The normalized spacial score (nSPS) is 11.4. The number of ether oxygens (including phenoxy) is 2. The Balaban J connectivity index is 3.15. The number of nitrogen functional groups attached to an aromatic ring is 1. The van der Waals surface area contributed by atoms with Crippen LogP contribution in [0.25, 0.3) is 0 Å². The molecule has 1 rings (SSSR count). The molecule has 0 saturated carbocycles. The third-order valence-electron chi connectivity index (χ3n) is 2.81. The highest BCUT2D eigenvalue weighted by atomic mass is 32.2. The molecule has 0 bridgehead atoms. The van der Waals surface area contributed by atoms with E-state index in [4.69, 9.17) is 15.2 Å². The summed E-state index contributed by atoms with van der Waals surface area (Å²) in [5.74, 6) is 0.0508. The number of unbranched alkanes of at least 4 members (excludes halogenated alkanes) is 2. The average molecular weight is 317 g/mol. The predicted octanol–water partition coefficient (Wildman–Crippen LogP) is 2.87. The summed E-state index contributed by atoms with van der Waals surface area (Å²) in [6, 6.07) is 2.76. The number of anilines is 1. The minimum atomic E-state index is -4.46. The number of benzene rings is 1. The summed E-state index contributed by atoms with van der Waals surface area (Å²) in [5.41, 5.74) is 6.06. The van der Waals surface area contributed by atoms with Crippen molar-refractivity contribution in [1.82, 2.24) is 0 Å². The fourth-order valence-electron chi connectivity index (χ4n) is 1.72. The lowest BCUT2D eigenvalue weighted by Gasteiger charge is -2.15. The highest BCUT2D eigenvalue weighted by Crippen LogP contribution is 2.36. The third-order valence-corrected chi connectivity index (χ3v) is 3.73. The summed E-state index contributed by atoms with van der Waals surface area (Å²) in [5, 5.41) is 0. The zero-order valence-electron chi connectivity index (χ0n) is 12.5. The second kappa shape index (κ2) is 8.09. The Labute approximate surface area is 126 Å². The molecule has 0 aliphatic carbocycles. The molecular formula is C14H23NO5S. The van der Waals surface area contributed by atoms with Gasteiger partial charge < -0.3 is 15.2 Å². The maximum Gasteiger partial charge on any atom is 0.301 e. The molecular weight excluding hydrogens is 294 g/mol. The second-order valence-corrected chi connectivity index (χ2v) is 6.08. The van der Waals surface area contributed by atoms with Crippen molar-refractivity contribution in [1.29, 1.82) is 0 Å². The first-order valence-electron chi connectivity index (χ1n) is 7.06. The summed E-state index contributed by atoms with van der Waals surface area (Å²) in [6.07, 6.45) is 3.35. The predicted molar refractivity (Wildman–Crippen MR) is 81.5 cm³/mol. The number of nitrogens with two attached hydrogens (primary N) is 1. The Morgan fingerprint density at radius 1 is 1.05 bits per heavy atom. The Morgan fingerprint density at radius 2 is 1.48 bits per heavy atom. The summed E-state index contributed by atoms with van der Waals surface area (Å²) >= 11 is 0. The number of hydrogen-bond acceptors (Lipinski definition) is 5. The van der Waals surface area contributed by atoms with E-state index in [2.05, 4.69) is 0 Å². The van der Waals surface area contributed by atoms with E-state index in [9.17, 15) is 13.0 Å². The average Bonchev–Trinajstić information content (AvgIpc) is 2.37. The highest BCUT2D eigenvalue weighted by Gasteiger charge is 2.24. The van der Waals surface area contributed by atoms with E-state index in [1.807, 2.05) is 13.8 Å². The first-order chi connectivity index (χ1) is 9.90. The minimum Gasteiger partial charge on any atom is -0.492 e. The third kappa shape index (κ3) is 5.43. The van der Waals surface area contributed by atoms with Gasteiger partial charge in [-0.15, -0.1) is 0 Å². The van der Waals surface area contributed by atoms with E-state index in [-0.39, 0.29) is 16.4 Å². The molecule has 0 fully saturated rings. The maximum absolute atomic E-state index is 11.6. The van der Waals surface area contributed by atoms with Crippen molar-refractivity contribution in [2.75, 3.05) is 18.9 Å². The maximum atomic E-state index is 11.6. The summed E-state index contributed by atoms with van der Waals surface area (Å²) in [7, 11) is -4.46. The van der Waals surface area contributed by atoms with E-state index in [0.29, 0.717) is 18.9 Å². The van der Waals surface area contributed by atoms with Crippen LogP contribution in [0.1, 0.15) is 39.5 Å². The standard InChI is InChI=1S/C14H23NO5S/c1-3-5-7-19-12-9-11(15)10-13(20-8-6-4-2)14(12)21(16,17)18/h9-10H,3-8,15H2,1-2H3,(H,16,17,18). The van der Waals surface area contributed by atoms with E-state index in [1.165, 1.54) is 12.1 Å². The lowest BCUT2D eigenvalue weighted by atomic mass is 10.2. The van der Waals surface area contributed by atoms with Crippen LogP contribution in [-0.4, -0.2) is 26.2 Å². The van der Waals surface area contributed by atoms with Gasteiger partial charge in [0.05, 0.1) is 13.2 Å². The van der Waals surface area contributed by atoms with Gasteiger partial charge in [-0.25, -0.2) is 0 Å². The Kier molecular flexibility index (Phi) is 6.77. The molecule has 120 valence electrons. The largest absolute Gasteiger partial charge is 0.492 e. The van der Waals surface area contributed by atoms with Gasteiger partial charge in [0.2, 0.25) is 0 Å². The van der Waals surface area contributed by atoms with Gasteiger partial charge in [-0.1, -0.05) is 26.7 Å². The SMILES string of the molecule is CCCCOc1cc(N)cc(OCCCC)c1S(=O)(=O)O. The Bertz CT molecular complexity index is 525. The van der Waals surface area contributed by atoms with Crippen LogP contribution in [0.5, 0.6) is 11.5 Å². The van der Waals surface area contributed by atoms with Crippen LogP contribution in [-0.2, 0) is 10.1 Å². The molecule has 6 nitrogen and oxygen atoms in total. The highest BCUT2D eigenvalue weighted by molar-refractivity contribution is 7.86. The van der Waals surface area contributed by atoms with Crippen LogP contribution >= 0.6 is 0 Å². The molecule has 0 radical (unpaired) electrons. The molecule has 0 spiro atoms. The van der Waals surface area contributed by atoms with Gasteiger partial charge in [-0.05, 0) is 12.8 Å². The van der Waals surface area contributed by atoms with Gasteiger partial charge in [0.15, 0.2) is 4.90 Å². The van der Waals surface area contributed by atoms with E-state index in [1.54, 1.807) is 0 Å². The van der Waals surface area contributed by atoms with E-state index < -0.39 is 10.1 Å². The fourth-order valence-corrected chi connectivity index (χ4v) is 2.46. The van der Waals surface area contributed by atoms with Crippen LogP contribution in [0.15, 0.2) is 17.0 Å². The van der Waals surface area contributed by atoms with Crippen molar-refractivity contribution in [2.24, 2.45) is 0 Å². The van der Waals surface area contributed by atoms with Crippen molar-refractivity contribution in [3.63, 3.8) is 0 Å². The van der Waals surface area contributed by atoms with E-state index in [0.717, 1.165) is 25.7 Å². The molecule has 0 aliphatic rings. The number of hydrogen-bond donors (Lipinski definition) is 2. The summed E-state index contributed by atoms with van der Waals surface area (Å²) in [6.45, 7) is 4.67. The van der Waals surface area contributed by atoms with Gasteiger partial charge in [-0.2, -0.15) is 8.42 Å². The zero-order chi connectivity index (χ0) is 15.9. The number of rotatable bonds is 9. The van der Waals surface area contributed by atoms with Gasteiger partial charge in [0.25, 0.3) is 0 Å². The molecule has 21 heavy (non-hydrogen) atoms. The molecule has 0 saturated heterocycles. The van der Waals surface area contributed by atoms with Crippen molar-refractivity contribution < 1.29 is 22.4 Å². The first-order valence-corrected chi connectivity index (χ1v) is 8.50. The second-order valence-electron chi connectivity index (χ2n) is 4.73. The molecule has 7 heteroatoms. The van der Waals surface area contributed by atoms with Crippen LogP contribution < -0.4 is 15.2 Å². The van der Waals surface area contributed by atoms with Gasteiger partial charge in [0, 0.05) is 17.8 Å².